The van der Waals surface area contributed by atoms with Gasteiger partial charge in [-0.15, -0.1) is 0 Å². The van der Waals surface area contributed by atoms with Gasteiger partial charge in [0.2, 0.25) is 0 Å². The molecule has 0 fully saturated rings. The Morgan fingerprint density at radius 3 is 2.45 bits per heavy atom. The van der Waals surface area contributed by atoms with Crippen LogP contribution in [0.15, 0.2) is 9.59 Å². The number of fused-ring (bicyclic) bond motifs is 1. The van der Waals surface area contributed by atoms with Gasteiger partial charge in [0.25, 0.3) is 5.56 Å². The maximum Gasteiger partial charge on any atom is 0.332 e. The smallest absolute Gasteiger partial charge is 0.330 e. The molecule has 22 heavy (non-hydrogen) atoms. The normalized spacial score (nSPS) is 11.7. The van der Waals surface area contributed by atoms with E-state index in [0.29, 0.717) is 37.2 Å². The van der Waals surface area contributed by atoms with Crippen LogP contribution in [0.5, 0.6) is 0 Å². The van der Waals surface area contributed by atoms with E-state index in [0.717, 1.165) is 12.2 Å². The summed E-state index contributed by atoms with van der Waals surface area (Å²) >= 11 is 0. The van der Waals surface area contributed by atoms with Crippen LogP contribution in [0.1, 0.15) is 33.0 Å². The van der Waals surface area contributed by atoms with E-state index >= 15 is 0 Å². The first-order valence-electron chi connectivity index (χ1n) is 7.81. The second-order valence-corrected chi connectivity index (χ2v) is 5.99. The average Bonchev–Trinajstić information content (AvgIpc) is 2.85. The maximum atomic E-state index is 12.5. The number of nitrogens with two attached hydrogens (primary N) is 1. The van der Waals surface area contributed by atoms with Crippen LogP contribution >= 0.6 is 0 Å². The molecule has 0 aromatic carbocycles. The first-order valence-corrected chi connectivity index (χ1v) is 7.81. The fourth-order valence-electron chi connectivity index (χ4n) is 2.72. The van der Waals surface area contributed by atoms with Crippen molar-refractivity contribution in [2.45, 2.75) is 46.7 Å². The summed E-state index contributed by atoms with van der Waals surface area (Å²) in [4.78, 5) is 29.5. The fraction of sp³-hybridized carbons (Fsp3) is 0.667. The molecule has 0 saturated heterocycles. The maximum absolute atomic E-state index is 12.5. The molecule has 0 radical (unpaired) electrons. The van der Waals surface area contributed by atoms with Gasteiger partial charge in [0.15, 0.2) is 11.2 Å². The van der Waals surface area contributed by atoms with Crippen molar-refractivity contribution >= 4 is 11.2 Å². The average molecular weight is 307 g/mol. The summed E-state index contributed by atoms with van der Waals surface area (Å²) in [6.07, 6.45) is 1.51. The molecule has 0 spiro atoms. The number of hydrogen-bond donors (Lipinski definition) is 1. The lowest BCUT2D eigenvalue weighted by Gasteiger charge is -2.11. The summed E-state index contributed by atoms with van der Waals surface area (Å²) < 4.78 is 4.69. The highest BCUT2D eigenvalue weighted by Gasteiger charge is 2.19. The highest BCUT2D eigenvalue weighted by Crippen LogP contribution is 2.14. The van der Waals surface area contributed by atoms with Crippen LogP contribution in [0.4, 0.5) is 0 Å². The molecule has 2 aromatic heterocycles. The monoisotopic (exact) mass is 307 g/mol. The van der Waals surface area contributed by atoms with Gasteiger partial charge in [-0.3, -0.25) is 13.9 Å². The second-order valence-electron chi connectivity index (χ2n) is 5.99. The Balaban J connectivity index is 2.82. The predicted octanol–water partition coefficient (Wildman–Crippen LogP) is 0.464. The lowest BCUT2D eigenvalue weighted by Crippen LogP contribution is -2.39. The zero-order valence-electron chi connectivity index (χ0n) is 13.8. The van der Waals surface area contributed by atoms with E-state index in [2.05, 4.69) is 4.98 Å². The molecule has 122 valence electrons. The highest BCUT2D eigenvalue weighted by molar-refractivity contribution is 5.71. The summed E-state index contributed by atoms with van der Waals surface area (Å²) in [5, 5.41) is 0. The van der Waals surface area contributed by atoms with Crippen molar-refractivity contribution in [1.29, 1.82) is 0 Å². The van der Waals surface area contributed by atoms with E-state index in [-0.39, 0.29) is 17.2 Å². The number of aromatic nitrogens is 4. The quantitative estimate of drug-likeness (QED) is 0.840. The van der Waals surface area contributed by atoms with E-state index in [1.165, 1.54) is 11.6 Å². The minimum absolute atomic E-state index is 0.284. The fourth-order valence-corrected chi connectivity index (χ4v) is 2.72. The van der Waals surface area contributed by atoms with Gasteiger partial charge in [0, 0.05) is 26.6 Å². The highest BCUT2D eigenvalue weighted by atomic mass is 16.2. The Hall–Kier alpha value is -1.89. The van der Waals surface area contributed by atoms with Crippen molar-refractivity contribution in [2.24, 2.45) is 18.7 Å². The Kier molecular flexibility index (Phi) is 4.85. The molecular formula is C15H25N5O2. The lowest BCUT2D eigenvalue weighted by atomic mass is 10.2. The third-order valence-corrected chi connectivity index (χ3v) is 3.78. The number of rotatable bonds is 6. The minimum atomic E-state index is -0.308. The molecule has 0 unspecified atom stereocenters. The van der Waals surface area contributed by atoms with Gasteiger partial charge < -0.3 is 10.3 Å². The third-order valence-electron chi connectivity index (χ3n) is 3.78. The molecule has 0 bridgehead atoms. The van der Waals surface area contributed by atoms with Crippen LogP contribution in [0.3, 0.4) is 0 Å². The molecule has 0 aliphatic rings. The summed E-state index contributed by atoms with van der Waals surface area (Å²) in [5.41, 5.74) is 5.99. The predicted molar refractivity (Wildman–Crippen MR) is 87.1 cm³/mol. The SMILES string of the molecule is CCn1c(CCCN)nc2c1c(=O)n(C)c(=O)n2CC(C)C. The van der Waals surface area contributed by atoms with Gasteiger partial charge in [-0.25, -0.2) is 9.78 Å². The van der Waals surface area contributed by atoms with Crippen LogP contribution in [0.2, 0.25) is 0 Å². The molecular weight excluding hydrogens is 282 g/mol. The Morgan fingerprint density at radius 2 is 1.91 bits per heavy atom. The van der Waals surface area contributed by atoms with Crippen LogP contribution < -0.4 is 17.0 Å². The molecule has 2 N–H and O–H groups in total. The van der Waals surface area contributed by atoms with Gasteiger partial charge in [0.1, 0.15) is 5.82 Å². The number of hydrogen-bond acceptors (Lipinski definition) is 4. The molecule has 0 amide bonds. The zero-order valence-corrected chi connectivity index (χ0v) is 13.8. The van der Waals surface area contributed by atoms with Gasteiger partial charge in [-0.05, 0) is 25.8 Å². The van der Waals surface area contributed by atoms with Gasteiger partial charge in [-0.2, -0.15) is 0 Å². The van der Waals surface area contributed by atoms with Crippen LogP contribution in [0.25, 0.3) is 11.2 Å². The van der Waals surface area contributed by atoms with Crippen LogP contribution in [0, 0.1) is 5.92 Å². The summed E-state index contributed by atoms with van der Waals surface area (Å²) in [7, 11) is 1.52. The standard InChI is InChI=1S/C15H25N5O2/c1-5-19-11(7-6-8-16)17-13-12(19)14(21)18(4)15(22)20(13)9-10(2)3/h10H,5-9,16H2,1-4H3. The Bertz CT molecular complexity index is 782. The Morgan fingerprint density at radius 1 is 1.23 bits per heavy atom. The van der Waals surface area contributed by atoms with E-state index in [1.807, 2.05) is 25.3 Å². The van der Waals surface area contributed by atoms with Crippen molar-refractivity contribution in [2.75, 3.05) is 6.54 Å². The van der Waals surface area contributed by atoms with E-state index in [9.17, 15) is 9.59 Å². The largest absolute Gasteiger partial charge is 0.332 e. The molecule has 2 heterocycles. The molecule has 2 rings (SSSR count). The molecule has 7 heteroatoms. The molecule has 7 nitrogen and oxygen atoms in total. The van der Waals surface area contributed by atoms with Crippen molar-refractivity contribution in [3.8, 4) is 0 Å². The first-order chi connectivity index (χ1) is 10.4. The van der Waals surface area contributed by atoms with E-state index in [1.54, 1.807) is 4.57 Å². The van der Waals surface area contributed by atoms with Crippen molar-refractivity contribution in [3.63, 3.8) is 0 Å². The molecule has 0 aliphatic heterocycles. The van der Waals surface area contributed by atoms with Crippen molar-refractivity contribution in [1.82, 2.24) is 18.7 Å². The van der Waals surface area contributed by atoms with Crippen molar-refractivity contribution < 1.29 is 0 Å². The van der Waals surface area contributed by atoms with Crippen LogP contribution in [-0.2, 0) is 26.6 Å². The number of aryl methyl sites for hydroxylation is 2. The van der Waals surface area contributed by atoms with Gasteiger partial charge >= 0.3 is 5.69 Å². The molecule has 0 saturated carbocycles. The topological polar surface area (TPSA) is 87.8 Å². The van der Waals surface area contributed by atoms with Crippen molar-refractivity contribution in [3.05, 3.63) is 26.7 Å². The molecule has 0 aliphatic carbocycles. The number of nitrogens with zero attached hydrogens (tertiary/aromatic N) is 4. The lowest BCUT2D eigenvalue weighted by molar-refractivity contribution is 0.500. The molecule has 2 aromatic rings. The zero-order chi connectivity index (χ0) is 16.4. The summed E-state index contributed by atoms with van der Waals surface area (Å²) in [6, 6.07) is 0. The van der Waals surface area contributed by atoms with E-state index < -0.39 is 0 Å². The number of imidazole rings is 1. The van der Waals surface area contributed by atoms with E-state index in [4.69, 9.17) is 5.73 Å². The third kappa shape index (κ3) is 2.72. The van der Waals surface area contributed by atoms with Gasteiger partial charge in [0.05, 0.1) is 0 Å². The minimum Gasteiger partial charge on any atom is -0.330 e. The summed E-state index contributed by atoms with van der Waals surface area (Å²) in [6.45, 7) is 7.81. The van der Waals surface area contributed by atoms with Crippen LogP contribution in [-0.4, -0.2) is 25.2 Å². The summed E-state index contributed by atoms with van der Waals surface area (Å²) in [5.74, 6) is 1.11. The van der Waals surface area contributed by atoms with Gasteiger partial charge in [-0.1, -0.05) is 13.8 Å². The Labute approximate surface area is 129 Å². The first kappa shape index (κ1) is 16.5. The second kappa shape index (κ2) is 6.48. The molecule has 0 atom stereocenters.